The van der Waals surface area contributed by atoms with Crippen LogP contribution < -0.4 is 5.73 Å². The number of urea groups is 1. The van der Waals surface area contributed by atoms with Crippen LogP contribution in [-0.2, 0) is 13.1 Å². The van der Waals surface area contributed by atoms with Gasteiger partial charge in [-0.15, -0.1) is 0 Å². The lowest BCUT2D eigenvalue weighted by molar-refractivity contribution is 0.143. The number of nitrogens with two attached hydrogens (primary N) is 1. The molecular formula is C16H25N3O. The molecule has 4 heteroatoms. The highest BCUT2D eigenvalue weighted by Crippen LogP contribution is 2.15. The first-order valence-corrected chi connectivity index (χ1v) is 7.57. The fraction of sp³-hybridized carbons (Fsp3) is 0.562. The number of amides is 2. The average Bonchev–Trinajstić information content (AvgIpc) is 2.53. The number of hydrogen-bond donors (Lipinski definition) is 1. The first kappa shape index (κ1) is 14.9. The lowest BCUT2D eigenvalue weighted by atomic mass is 10.1. The SMILES string of the molecule is CCN(Cc1ccccc1CN)C(=O)N1CCCCC1. The lowest BCUT2D eigenvalue weighted by Crippen LogP contribution is -2.45. The third-order valence-electron chi connectivity index (χ3n) is 3.98. The van der Waals surface area contributed by atoms with Crippen molar-refractivity contribution in [2.24, 2.45) is 5.73 Å². The third kappa shape index (κ3) is 3.51. The van der Waals surface area contributed by atoms with E-state index in [1.54, 1.807) is 0 Å². The summed E-state index contributed by atoms with van der Waals surface area (Å²) in [7, 11) is 0. The third-order valence-corrected chi connectivity index (χ3v) is 3.98. The molecule has 0 saturated carbocycles. The van der Waals surface area contributed by atoms with Crippen LogP contribution in [-0.4, -0.2) is 35.5 Å². The number of hydrogen-bond acceptors (Lipinski definition) is 2. The molecule has 0 atom stereocenters. The van der Waals surface area contributed by atoms with Gasteiger partial charge in [-0.1, -0.05) is 24.3 Å². The van der Waals surface area contributed by atoms with Crippen molar-refractivity contribution >= 4 is 6.03 Å². The van der Waals surface area contributed by atoms with Gasteiger partial charge in [0.2, 0.25) is 0 Å². The molecule has 1 aliphatic rings. The van der Waals surface area contributed by atoms with Crippen molar-refractivity contribution in [3.63, 3.8) is 0 Å². The summed E-state index contributed by atoms with van der Waals surface area (Å²) >= 11 is 0. The normalized spacial score (nSPS) is 15.2. The number of carbonyl (C=O) groups excluding carboxylic acids is 1. The minimum absolute atomic E-state index is 0.166. The minimum Gasteiger partial charge on any atom is -0.326 e. The van der Waals surface area contributed by atoms with Gasteiger partial charge in [0.05, 0.1) is 0 Å². The summed E-state index contributed by atoms with van der Waals surface area (Å²) in [5.74, 6) is 0. The molecule has 0 aromatic heterocycles. The summed E-state index contributed by atoms with van der Waals surface area (Å²) in [6, 6.07) is 8.27. The zero-order valence-electron chi connectivity index (χ0n) is 12.3. The van der Waals surface area contributed by atoms with Crippen LogP contribution in [0.3, 0.4) is 0 Å². The number of likely N-dealkylation sites (tertiary alicyclic amines) is 1. The molecule has 4 nitrogen and oxygen atoms in total. The van der Waals surface area contributed by atoms with E-state index >= 15 is 0 Å². The van der Waals surface area contributed by atoms with Crippen LogP contribution >= 0.6 is 0 Å². The summed E-state index contributed by atoms with van der Waals surface area (Å²) in [6.07, 6.45) is 3.50. The quantitative estimate of drug-likeness (QED) is 0.918. The molecular weight excluding hydrogens is 250 g/mol. The monoisotopic (exact) mass is 275 g/mol. The molecule has 2 N–H and O–H groups in total. The van der Waals surface area contributed by atoms with Gasteiger partial charge in [-0.05, 0) is 37.3 Å². The van der Waals surface area contributed by atoms with Crippen molar-refractivity contribution in [3.8, 4) is 0 Å². The molecule has 20 heavy (non-hydrogen) atoms. The van der Waals surface area contributed by atoms with Crippen LogP contribution in [0.1, 0.15) is 37.3 Å². The van der Waals surface area contributed by atoms with Crippen molar-refractivity contribution in [2.45, 2.75) is 39.3 Å². The van der Waals surface area contributed by atoms with E-state index in [-0.39, 0.29) is 6.03 Å². The maximum Gasteiger partial charge on any atom is 0.320 e. The van der Waals surface area contributed by atoms with Crippen molar-refractivity contribution in [1.82, 2.24) is 9.80 Å². The molecule has 110 valence electrons. The van der Waals surface area contributed by atoms with Crippen LogP contribution in [0.4, 0.5) is 4.79 Å². The van der Waals surface area contributed by atoms with E-state index in [2.05, 4.69) is 6.07 Å². The first-order valence-electron chi connectivity index (χ1n) is 7.57. The highest BCUT2D eigenvalue weighted by atomic mass is 16.2. The number of nitrogens with zero attached hydrogens (tertiary/aromatic N) is 2. The molecule has 1 fully saturated rings. The Kier molecular flexibility index (Phi) is 5.41. The molecule has 0 aliphatic carbocycles. The van der Waals surface area contributed by atoms with Crippen molar-refractivity contribution in [3.05, 3.63) is 35.4 Å². The Morgan fingerprint density at radius 1 is 1.20 bits per heavy atom. The standard InChI is InChI=1S/C16H25N3O/c1-2-18(16(20)19-10-6-3-7-11-19)13-15-9-5-4-8-14(15)12-17/h4-5,8-9H,2-3,6-7,10-13,17H2,1H3. The molecule has 1 heterocycles. The fourth-order valence-corrected chi connectivity index (χ4v) is 2.72. The second-order valence-corrected chi connectivity index (χ2v) is 5.32. The topological polar surface area (TPSA) is 49.6 Å². The van der Waals surface area contributed by atoms with Crippen LogP contribution in [0, 0.1) is 0 Å². The summed E-state index contributed by atoms with van der Waals surface area (Å²) < 4.78 is 0. The summed E-state index contributed by atoms with van der Waals surface area (Å²) in [5.41, 5.74) is 8.05. The summed E-state index contributed by atoms with van der Waals surface area (Å²) in [4.78, 5) is 16.5. The van der Waals surface area contributed by atoms with E-state index < -0.39 is 0 Å². The Morgan fingerprint density at radius 2 is 1.85 bits per heavy atom. The van der Waals surface area contributed by atoms with Gasteiger partial charge in [-0.25, -0.2) is 4.79 Å². The average molecular weight is 275 g/mol. The largest absolute Gasteiger partial charge is 0.326 e. The van der Waals surface area contributed by atoms with E-state index in [9.17, 15) is 4.79 Å². The number of piperidine rings is 1. The fourth-order valence-electron chi connectivity index (χ4n) is 2.72. The second kappa shape index (κ2) is 7.29. The van der Waals surface area contributed by atoms with Crippen LogP contribution in [0.2, 0.25) is 0 Å². The van der Waals surface area contributed by atoms with E-state index in [4.69, 9.17) is 5.73 Å². The number of rotatable bonds is 4. The van der Waals surface area contributed by atoms with E-state index in [0.29, 0.717) is 13.1 Å². The molecule has 2 rings (SSSR count). The van der Waals surface area contributed by atoms with E-state index in [1.807, 2.05) is 34.9 Å². The summed E-state index contributed by atoms with van der Waals surface area (Å²) in [6.45, 7) is 5.73. The predicted molar refractivity (Wildman–Crippen MR) is 81.2 cm³/mol. The maximum atomic E-state index is 12.6. The highest BCUT2D eigenvalue weighted by Gasteiger charge is 2.21. The Balaban J connectivity index is 2.06. The molecule has 0 spiro atoms. The van der Waals surface area contributed by atoms with Crippen molar-refractivity contribution < 1.29 is 4.79 Å². The Bertz CT molecular complexity index is 441. The van der Waals surface area contributed by atoms with Gasteiger partial charge in [0.25, 0.3) is 0 Å². The van der Waals surface area contributed by atoms with Crippen LogP contribution in [0.25, 0.3) is 0 Å². The van der Waals surface area contributed by atoms with Crippen molar-refractivity contribution in [2.75, 3.05) is 19.6 Å². The van der Waals surface area contributed by atoms with Gasteiger partial charge in [0.15, 0.2) is 0 Å². The van der Waals surface area contributed by atoms with Gasteiger partial charge in [-0.3, -0.25) is 0 Å². The Labute approximate surface area is 121 Å². The maximum absolute atomic E-state index is 12.6. The van der Waals surface area contributed by atoms with Crippen molar-refractivity contribution in [1.29, 1.82) is 0 Å². The lowest BCUT2D eigenvalue weighted by Gasteiger charge is -2.32. The highest BCUT2D eigenvalue weighted by molar-refractivity contribution is 5.74. The Morgan fingerprint density at radius 3 is 2.45 bits per heavy atom. The molecule has 0 radical (unpaired) electrons. The zero-order chi connectivity index (χ0) is 14.4. The van der Waals surface area contributed by atoms with E-state index in [1.165, 1.54) is 6.42 Å². The Hall–Kier alpha value is -1.55. The molecule has 1 saturated heterocycles. The molecule has 2 amide bonds. The van der Waals surface area contributed by atoms with Gasteiger partial charge >= 0.3 is 6.03 Å². The number of benzene rings is 1. The molecule has 0 unspecified atom stereocenters. The predicted octanol–water partition coefficient (Wildman–Crippen LogP) is 2.57. The van der Waals surface area contributed by atoms with E-state index in [0.717, 1.165) is 43.6 Å². The van der Waals surface area contributed by atoms with Gasteiger partial charge in [0.1, 0.15) is 0 Å². The smallest absolute Gasteiger partial charge is 0.320 e. The zero-order valence-corrected chi connectivity index (χ0v) is 12.3. The number of carbonyl (C=O) groups is 1. The van der Waals surface area contributed by atoms with Crippen LogP contribution in [0.5, 0.6) is 0 Å². The molecule has 0 bridgehead atoms. The van der Waals surface area contributed by atoms with Crippen LogP contribution in [0.15, 0.2) is 24.3 Å². The van der Waals surface area contributed by atoms with Gasteiger partial charge in [0, 0.05) is 32.7 Å². The first-order chi connectivity index (χ1) is 9.76. The van der Waals surface area contributed by atoms with Gasteiger partial charge < -0.3 is 15.5 Å². The summed E-state index contributed by atoms with van der Waals surface area (Å²) in [5, 5.41) is 0. The second-order valence-electron chi connectivity index (χ2n) is 5.32. The van der Waals surface area contributed by atoms with Gasteiger partial charge in [-0.2, -0.15) is 0 Å². The molecule has 1 aromatic carbocycles. The molecule has 1 aliphatic heterocycles. The minimum atomic E-state index is 0.166. The molecule has 1 aromatic rings.